The van der Waals surface area contributed by atoms with Crippen molar-refractivity contribution in [1.82, 2.24) is 10.2 Å². The molecule has 1 fully saturated rings. The van der Waals surface area contributed by atoms with E-state index in [1.165, 1.54) is 23.3 Å². The van der Waals surface area contributed by atoms with Crippen molar-refractivity contribution >= 4 is 23.6 Å². The Balaban J connectivity index is 1.41. The molecule has 2 N–H and O–H groups in total. The maximum atomic E-state index is 13.5. The number of halogens is 1. The third kappa shape index (κ3) is 5.57. The number of hydrogen-bond acceptors (Lipinski definition) is 5. The van der Waals surface area contributed by atoms with E-state index in [1.807, 2.05) is 30.3 Å². The quantitative estimate of drug-likeness (QED) is 0.343. The summed E-state index contributed by atoms with van der Waals surface area (Å²) in [6.07, 6.45) is -0.221. The lowest BCUT2D eigenvalue weighted by atomic mass is 10.00. The Morgan fingerprint density at radius 1 is 0.895 bits per heavy atom. The molecule has 8 nitrogen and oxygen atoms in total. The maximum absolute atomic E-state index is 13.5. The Hall–Kier alpha value is -4.92. The van der Waals surface area contributed by atoms with Gasteiger partial charge < -0.3 is 19.8 Å². The number of ether oxygens (including phenoxy) is 1. The average Bonchev–Trinajstić information content (AvgIpc) is 3.58. The second kappa shape index (κ2) is 11.0. The second-order valence-electron chi connectivity index (χ2n) is 8.76. The van der Waals surface area contributed by atoms with E-state index in [0.29, 0.717) is 16.8 Å². The molecule has 5 rings (SSSR count). The molecule has 0 spiro atoms. The fourth-order valence-corrected chi connectivity index (χ4v) is 4.28. The zero-order valence-corrected chi connectivity index (χ0v) is 20.2. The van der Waals surface area contributed by atoms with E-state index >= 15 is 0 Å². The number of nitrogens with one attached hydrogen (secondary N) is 2. The first-order chi connectivity index (χ1) is 18.5. The van der Waals surface area contributed by atoms with E-state index in [-0.39, 0.29) is 18.8 Å². The fraction of sp³-hybridized carbons (Fsp3) is 0.138. The van der Waals surface area contributed by atoms with Crippen LogP contribution in [0.1, 0.15) is 33.3 Å². The Kier molecular flexibility index (Phi) is 7.17. The molecule has 4 aromatic rings. The van der Waals surface area contributed by atoms with Crippen molar-refractivity contribution < 1.29 is 27.9 Å². The number of benzene rings is 3. The van der Waals surface area contributed by atoms with Gasteiger partial charge in [-0.1, -0.05) is 54.6 Å². The van der Waals surface area contributed by atoms with Crippen LogP contribution in [0.5, 0.6) is 0 Å². The van der Waals surface area contributed by atoms with Crippen molar-refractivity contribution in [3.05, 3.63) is 126 Å². The number of carbonyl (C=O) groups is 3. The molecule has 1 aromatic heterocycles. The normalized spacial score (nSPS) is 16.7. The van der Waals surface area contributed by atoms with Gasteiger partial charge in [0.1, 0.15) is 5.82 Å². The van der Waals surface area contributed by atoms with Gasteiger partial charge in [0.25, 0.3) is 5.91 Å². The van der Waals surface area contributed by atoms with Gasteiger partial charge in [-0.2, -0.15) is 0 Å². The van der Waals surface area contributed by atoms with E-state index in [4.69, 9.17) is 9.15 Å². The van der Waals surface area contributed by atoms with Gasteiger partial charge in [-0.25, -0.2) is 9.18 Å². The molecule has 9 heteroatoms. The van der Waals surface area contributed by atoms with Crippen LogP contribution in [0.3, 0.4) is 0 Å². The van der Waals surface area contributed by atoms with Gasteiger partial charge in [-0.15, -0.1) is 0 Å². The Morgan fingerprint density at radius 2 is 1.68 bits per heavy atom. The molecule has 2 unspecified atom stereocenters. The van der Waals surface area contributed by atoms with Gasteiger partial charge in [0.05, 0.1) is 12.8 Å². The van der Waals surface area contributed by atoms with Gasteiger partial charge in [-0.05, 0) is 53.1 Å². The minimum Gasteiger partial charge on any atom is -0.459 e. The molecule has 0 radical (unpaired) electrons. The number of anilines is 1. The van der Waals surface area contributed by atoms with Crippen molar-refractivity contribution in [2.45, 2.75) is 25.2 Å². The van der Waals surface area contributed by atoms with E-state index in [2.05, 4.69) is 10.6 Å². The molecule has 2 heterocycles. The third-order valence-corrected chi connectivity index (χ3v) is 6.15. The first kappa shape index (κ1) is 24.8. The van der Waals surface area contributed by atoms with Crippen molar-refractivity contribution in [3.8, 4) is 0 Å². The highest BCUT2D eigenvalue weighted by molar-refractivity contribution is 6.02. The number of furan rings is 1. The summed E-state index contributed by atoms with van der Waals surface area (Å²) in [6, 6.07) is 24.0. The van der Waals surface area contributed by atoms with Gasteiger partial charge in [-0.3, -0.25) is 14.5 Å². The smallest absolute Gasteiger partial charge is 0.411 e. The molecule has 192 valence electrons. The average molecular weight is 514 g/mol. The van der Waals surface area contributed by atoms with Crippen LogP contribution in [0.15, 0.2) is 102 Å². The Labute approximate surface area is 218 Å². The predicted molar refractivity (Wildman–Crippen MR) is 136 cm³/mol. The summed E-state index contributed by atoms with van der Waals surface area (Å²) in [4.78, 5) is 40.3. The highest BCUT2D eigenvalue weighted by Crippen LogP contribution is 2.35. The number of rotatable bonds is 8. The number of amides is 3. The highest BCUT2D eigenvalue weighted by Gasteiger charge is 2.47. The third-order valence-electron chi connectivity index (χ3n) is 6.15. The van der Waals surface area contributed by atoms with Gasteiger partial charge in [0.15, 0.2) is 17.9 Å². The molecule has 1 aliphatic heterocycles. The summed E-state index contributed by atoms with van der Waals surface area (Å²) < 4.78 is 24.3. The first-order valence-electron chi connectivity index (χ1n) is 12.0. The van der Waals surface area contributed by atoms with Crippen LogP contribution in [-0.2, 0) is 22.6 Å². The van der Waals surface area contributed by atoms with Crippen molar-refractivity contribution in [2.24, 2.45) is 0 Å². The van der Waals surface area contributed by atoms with Gasteiger partial charge in [0, 0.05) is 12.2 Å². The van der Waals surface area contributed by atoms with Crippen LogP contribution in [0, 0.1) is 5.82 Å². The van der Waals surface area contributed by atoms with Crippen molar-refractivity contribution in [1.29, 1.82) is 0 Å². The minimum atomic E-state index is -1.01. The van der Waals surface area contributed by atoms with E-state index in [0.717, 1.165) is 5.56 Å². The molecule has 2 atom stereocenters. The number of carbonyl (C=O) groups excluding carboxylic acids is 3. The van der Waals surface area contributed by atoms with Crippen LogP contribution in [0.2, 0.25) is 0 Å². The zero-order chi connectivity index (χ0) is 26.5. The minimum absolute atomic E-state index is 0.0496. The van der Waals surface area contributed by atoms with Gasteiger partial charge >= 0.3 is 6.09 Å². The SMILES string of the molecule is O=C(Nc1cccc(C2OC(=O)N(Cc3ccc(F)cc3)C2C(=O)NCc2ccccc2)c1)c1ccco1. The standard InChI is InChI=1S/C29H24FN3O5/c30-22-13-11-20(12-14-22)18-33-25(28(35)31-17-19-6-2-1-3-7-19)26(38-29(33)36)21-8-4-9-23(16-21)32-27(34)24-10-5-15-37-24/h1-16,25-26H,17-18H2,(H,31,35)(H,32,34). The summed E-state index contributed by atoms with van der Waals surface area (Å²) >= 11 is 0. The van der Waals surface area contributed by atoms with Crippen LogP contribution in [0.4, 0.5) is 14.9 Å². The van der Waals surface area contributed by atoms with Crippen LogP contribution in [0.25, 0.3) is 0 Å². The number of hydrogen-bond donors (Lipinski definition) is 2. The lowest BCUT2D eigenvalue weighted by molar-refractivity contribution is -0.126. The van der Waals surface area contributed by atoms with Crippen LogP contribution in [-0.4, -0.2) is 28.8 Å². The molecule has 0 saturated carbocycles. The second-order valence-corrected chi connectivity index (χ2v) is 8.76. The molecule has 3 amide bonds. The Bertz CT molecular complexity index is 1420. The summed E-state index contributed by atoms with van der Waals surface area (Å²) in [5.41, 5.74) is 2.51. The fourth-order valence-electron chi connectivity index (χ4n) is 4.28. The van der Waals surface area contributed by atoms with Crippen molar-refractivity contribution in [3.63, 3.8) is 0 Å². The summed E-state index contributed by atoms with van der Waals surface area (Å²) in [6.45, 7) is 0.314. The molecule has 1 saturated heterocycles. The molecule has 0 aliphatic carbocycles. The van der Waals surface area contributed by atoms with E-state index in [1.54, 1.807) is 48.5 Å². The predicted octanol–water partition coefficient (Wildman–Crippen LogP) is 5.05. The van der Waals surface area contributed by atoms with Gasteiger partial charge in [0.2, 0.25) is 5.91 Å². The van der Waals surface area contributed by atoms with Crippen molar-refractivity contribution in [2.75, 3.05) is 5.32 Å². The molecule has 38 heavy (non-hydrogen) atoms. The molecule has 0 bridgehead atoms. The Morgan fingerprint density at radius 3 is 2.42 bits per heavy atom. The van der Waals surface area contributed by atoms with E-state index < -0.39 is 35.9 Å². The monoisotopic (exact) mass is 513 g/mol. The maximum Gasteiger partial charge on any atom is 0.411 e. The summed E-state index contributed by atoms with van der Waals surface area (Å²) in [7, 11) is 0. The highest BCUT2D eigenvalue weighted by atomic mass is 19.1. The summed E-state index contributed by atoms with van der Waals surface area (Å²) in [5.74, 6) is -1.10. The molecular weight excluding hydrogens is 489 g/mol. The summed E-state index contributed by atoms with van der Waals surface area (Å²) in [5, 5.41) is 5.64. The number of cyclic esters (lactones) is 1. The molecule has 3 aromatic carbocycles. The molecule has 1 aliphatic rings. The van der Waals surface area contributed by atoms with Crippen LogP contribution >= 0.6 is 0 Å². The zero-order valence-electron chi connectivity index (χ0n) is 20.2. The first-order valence-corrected chi connectivity index (χ1v) is 12.0. The lowest BCUT2D eigenvalue weighted by Gasteiger charge is -2.24. The van der Waals surface area contributed by atoms with E-state index in [9.17, 15) is 18.8 Å². The largest absolute Gasteiger partial charge is 0.459 e. The number of nitrogens with zero attached hydrogens (tertiary/aromatic N) is 1. The van der Waals surface area contributed by atoms with Crippen LogP contribution < -0.4 is 10.6 Å². The topological polar surface area (TPSA) is 101 Å². The lowest BCUT2D eigenvalue weighted by Crippen LogP contribution is -2.46. The molecular formula is C29H24FN3O5.